The first-order chi connectivity index (χ1) is 16.0. The summed E-state index contributed by atoms with van der Waals surface area (Å²) >= 11 is 0. The van der Waals surface area contributed by atoms with E-state index in [1.165, 1.54) is 28.4 Å². The number of benzene rings is 2. The van der Waals surface area contributed by atoms with Crippen molar-refractivity contribution in [2.24, 2.45) is 11.8 Å². The smallest absolute Gasteiger partial charge is 0.312 e. The lowest BCUT2D eigenvalue weighted by Gasteiger charge is -2.52. The second-order valence-electron chi connectivity index (χ2n) is 8.19. The normalized spacial score (nSPS) is 26.9. The molecule has 1 aliphatic carbocycles. The van der Waals surface area contributed by atoms with Gasteiger partial charge in [-0.15, -0.1) is 0 Å². The fraction of sp³-hybridized carbons (Fsp3) is 0.458. The molecule has 1 fully saturated rings. The zero-order valence-corrected chi connectivity index (χ0v) is 18.9. The van der Waals surface area contributed by atoms with Crippen LogP contribution in [0.4, 0.5) is 0 Å². The van der Waals surface area contributed by atoms with Crippen molar-refractivity contribution in [3.8, 4) is 28.7 Å². The van der Waals surface area contributed by atoms with Crippen molar-refractivity contribution in [2.45, 2.75) is 18.1 Å². The predicted octanol–water partition coefficient (Wildman–Crippen LogP) is 2.56. The van der Waals surface area contributed by atoms with E-state index in [0.29, 0.717) is 58.5 Å². The number of ether oxygens (including phenoxy) is 7. The van der Waals surface area contributed by atoms with Gasteiger partial charge < -0.3 is 38.3 Å². The number of hydrogen-bond acceptors (Lipinski definition) is 9. The fourth-order valence-corrected chi connectivity index (χ4v) is 5.44. The quantitative estimate of drug-likeness (QED) is 0.677. The molecule has 1 saturated heterocycles. The van der Waals surface area contributed by atoms with E-state index in [0.717, 1.165) is 0 Å². The predicted molar refractivity (Wildman–Crippen MR) is 114 cm³/mol. The number of carbonyl (C=O) groups excluding carboxylic acids is 1. The van der Waals surface area contributed by atoms with E-state index in [1.807, 2.05) is 0 Å². The van der Waals surface area contributed by atoms with E-state index < -0.39 is 29.5 Å². The highest BCUT2D eigenvalue weighted by Gasteiger charge is 2.60. The number of esters is 1. The van der Waals surface area contributed by atoms with Gasteiger partial charge in [-0.1, -0.05) is 0 Å². The van der Waals surface area contributed by atoms with E-state index >= 15 is 0 Å². The minimum Gasteiger partial charge on any atom is -0.493 e. The first-order valence-electron chi connectivity index (χ1n) is 10.6. The molecule has 2 bridgehead atoms. The lowest BCUT2D eigenvalue weighted by molar-refractivity contribution is -0.190. The van der Waals surface area contributed by atoms with Crippen molar-refractivity contribution >= 4 is 5.97 Å². The summed E-state index contributed by atoms with van der Waals surface area (Å²) in [6.45, 7) is 0.413. The topological polar surface area (TPSA) is 102 Å². The Bertz CT molecular complexity index is 1070. The van der Waals surface area contributed by atoms with Crippen LogP contribution >= 0.6 is 0 Å². The minimum absolute atomic E-state index is 0.0796. The first kappa shape index (κ1) is 21.7. The molecule has 9 heteroatoms. The molecular weight excluding hydrogens is 432 g/mol. The molecule has 0 spiro atoms. The second-order valence-corrected chi connectivity index (χ2v) is 8.19. The van der Waals surface area contributed by atoms with Crippen LogP contribution in [0.3, 0.4) is 0 Å². The minimum atomic E-state index is -1.28. The third-order valence-corrected chi connectivity index (χ3v) is 6.86. The van der Waals surface area contributed by atoms with Crippen LogP contribution in [0.5, 0.6) is 28.7 Å². The molecule has 0 amide bonds. The van der Waals surface area contributed by atoms with Gasteiger partial charge in [0, 0.05) is 12.5 Å². The number of hydrogen-bond donors (Lipinski definition) is 1. The highest BCUT2D eigenvalue weighted by molar-refractivity contribution is 5.78. The van der Waals surface area contributed by atoms with Crippen molar-refractivity contribution in [1.82, 2.24) is 0 Å². The number of carbonyl (C=O) groups is 1. The zero-order valence-electron chi connectivity index (χ0n) is 18.9. The van der Waals surface area contributed by atoms with Crippen molar-refractivity contribution in [3.63, 3.8) is 0 Å². The van der Waals surface area contributed by atoms with Crippen LogP contribution < -0.4 is 23.7 Å². The maximum atomic E-state index is 13.2. The second kappa shape index (κ2) is 8.00. The maximum absolute atomic E-state index is 13.2. The molecule has 1 N–H and O–H groups in total. The summed E-state index contributed by atoms with van der Waals surface area (Å²) in [5.41, 5.74) is 0.570. The zero-order chi connectivity index (χ0) is 23.3. The van der Waals surface area contributed by atoms with E-state index in [1.54, 1.807) is 24.3 Å². The third kappa shape index (κ3) is 2.95. The molecule has 5 rings (SSSR count). The maximum Gasteiger partial charge on any atom is 0.312 e. The molecule has 2 aromatic carbocycles. The average molecular weight is 458 g/mol. The van der Waals surface area contributed by atoms with Gasteiger partial charge in [0.25, 0.3) is 0 Å². The van der Waals surface area contributed by atoms with Gasteiger partial charge in [-0.05, 0) is 47.4 Å². The van der Waals surface area contributed by atoms with Crippen LogP contribution in [0.2, 0.25) is 0 Å². The Kier molecular flexibility index (Phi) is 5.25. The van der Waals surface area contributed by atoms with Crippen molar-refractivity contribution in [1.29, 1.82) is 0 Å². The van der Waals surface area contributed by atoms with Crippen LogP contribution in [0.1, 0.15) is 29.2 Å². The Labute approximate surface area is 191 Å². The Morgan fingerprint density at radius 1 is 1.00 bits per heavy atom. The van der Waals surface area contributed by atoms with Gasteiger partial charge in [0.2, 0.25) is 12.5 Å². The summed E-state index contributed by atoms with van der Waals surface area (Å²) in [6.07, 6.45) is -0.418. The first-order valence-corrected chi connectivity index (χ1v) is 10.6. The Morgan fingerprint density at radius 2 is 1.67 bits per heavy atom. The largest absolute Gasteiger partial charge is 0.493 e. The number of fused-ring (bicyclic) bond motifs is 5. The van der Waals surface area contributed by atoms with Crippen LogP contribution in [0, 0.1) is 11.8 Å². The fourth-order valence-electron chi connectivity index (χ4n) is 5.44. The molecule has 0 saturated carbocycles. The van der Waals surface area contributed by atoms with E-state index in [-0.39, 0.29) is 6.79 Å². The van der Waals surface area contributed by atoms with Crippen LogP contribution in [-0.4, -0.2) is 52.9 Å². The van der Waals surface area contributed by atoms with Gasteiger partial charge in [-0.3, -0.25) is 4.79 Å². The Hall–Kier alpha value is -3.17. The van der Waals surface area contributed by atoms with Crippen LogP contribution in [-0.2, 0) is 19.9 Å². The van der Waals surface area contributed by atoms with Gasteiger partial charge in [-0.2, -0.15) is 0 Å². The van der Waals surface area contributed by atoms with Gasteiger partial charge in [0.1, 0.15) is 5.60 Å². The van der Waals surface area contributed by atoms with Gasteiger partial charge in [-0.25, -0.2) is 0 Å². The van der Waals surface area contributed by atoms with Gasteiger partial charge in [0.05, 0.1) is 40.5 Å². The van der Waals surface area contributed by atoms with Crippen molar-refractivity contribution in [2.75, 3.05) is 41.8 Å². The molecule has 2 aliphatic heterocycles. The monoisotopic (exact) mass is 458 g/mol. The molecular formula is C24H26O9. The number of aliphatic hydroxyl groups excluding tert-OH is 1. The summed E-state index contributed by atoms with van der Waals surface area (Å²) < 4.78 is 39.5. The third-order valence-electron chi connectivity index (χ3n) is 6.86. The average Bonchev–Trinajstić information content (AvgIpc) is 3.32. The Balaban J connectivity index is 1.84. The van der Waals surface area contributed by atoms with Crippen LogP contribution in [0.15, 0.2) is 24.3 Å². The number of aliphatic hydroxyl groups is 1. The molecule has 2 aromatic rings. The van der Waals surface area contributed by atoms with Crippen molar-refractivity contribution < 1.29 is 43.1 Å². The van der Waals surface area contributed by atoms with Gasteiger partial charge >= 0.3 is 5.97 Å². The molecule has 4 atom stereocenters. The summed E-state index contributed by atoms with van der Waals surface area (Å²) in [5.74, 6) is 0.596. The van der Waals surface area contributed by atoms with Crippen LogP contribution in [0.25, 0.3) is 0 Å². The van der Waals surface area contributed by atoms with Gasteiger partial charge in [0.15, 0.2) is 23.0 Å². The number of rotatable bonds is 5. The lowest BCUT2D eigenvalue weighted by atomic mass is 9.60. The molecule has 4 unspecified atom stereocenters. The molecule has 0 aromatic heterocycles. The number of methoxy groups -OCH3 is 4. The van der Waals surface area contributed by atoms with E-state index in [9.17, 15) is 9.90 Å². The lowest BCUT2D eigenvalue weighted by Crippen LogP contribution is -2.56. The summed E-state index contributed by atoms with van der Waals surface area (Å²) in [4.78, 5) is 13.2. The standard InChI is InChI=1S/C24H26O9/c1-27-18-7-12(8-19(28-2)22(18)29-3)24-15-10-17-16(31-11-32-17)9-14(15)21(25)13(5-6-33-24)20(24)23(26)30-4/h7-10,13,20-21,25H,5-6,11H2,1-4H3. The summed E-state index contributed by atoms with van der Waals surface area (Å²) in [5, 5.41) is 11.3. The highest BCUT2D eigenvalue weighted by Crippen LogP contribution is 2.60. The molecule has 176 valence electrons. The summed E-state index contributed by atoms with van der Waals surface area (Å²) in [6, 6.07) is 7.09. The molecule has 2 heterocycles. The van der Waals surface area contributed by atoms with Crippen molar-refractivity contribution in [3.05, 3.63) is 41.0 Å². The van der Waals surface area contributed by atoms with E-state index in [4.69, 9.17) is 33.2 Å². The van der Waals surface area contributed by atoms with E-state index in [2.05, 4.69) is 0 Å². The highest BCUT2D eigenvalue weighted by atomic mass is 16.7. The Morgan fingerprint density at radius 3 is 2.27 bits per heavy atom. The summed E-state index contributed by atoms with van der Waals surface area (Å²) in [7, 11) is 5.91. The molecule has 0 radical (unpaired) electrons. The molecule has 3 aliphatic rings. The molecule has 33 heavy (non-hydrogen) atoms. The molecule has 9 nitrogen and oxygen atoms in total. The SMILES string of the molecule is COC(=O)C1C2CCOC1(c1cc(OC)c(OC)c(OC)c1)c1cc3c(cc1C2O)OCO3.